The Balaban J connectivity index is 1.47. The molecule has 39 heavy (non-hydrogen) atoms. The molecule has 0 unspecified atom stereocenters. The maximum atomic E-state index is 13.7. The second kappa shape index (κ2) is 12.6. The van der Waals surface area contributed by atoms with Gasteiger partial charge in [0.2, 0.25) is 5.95 Å². The number of unbranched alkanes of at least 4 members (excludes halogenated alkanes) is 1. The lowest BCUT2D eigenvalue weighted by atomic mass is 10.1. The zero-order valence-corrected chi connectivity index (χ0v) is 23.1. The van der Waals surface area contributed by atoms with Gasteiger partial charge in [-0.3, -0.25) is 9.69 Å². The number of nitrogens with zero attached hydrogens (tertiary/aromatic N) is 3. The quantitative estimate of drug-likeness (QED) is 0.331. The van der Waals surface area contributed by atoms with Crippen LogP contribution in [-0.4, -0.2) is 47.3 Å². The number of ether oxygens (including phenoxy) is 2. The lowest BCUT2D eigenvalue weighted by molar-refractivity contribution is 0.0526. The molecule has 0 aliphatic carbocycles. The van der Waals surface area contributed by atoms with Crippen molar-refractivity contribution >= 4 is 23.8 Å². The fourth-order valence-electron chi connectivity index (χ4n) is 4.28. The number of carbonyl (C=O) groups is 2. The summed E-state index contributed by atoms with van der Waals surface area (Å²) in [6, 6.07) is 17.3. The first kappa shape index (κ1) is 27.9. The highest BCUT2D eigenvalue weighted by molar-refractivity contribution is 6.05. The van der Waals surface area contributed by atoms with Crippen molar-refractivity contribution in [3.05, 3.63) is 77.5 Å². The third-order valence-corrected chi connectivity index (χ3v) is 6.22. The summed E-state index contributed by atoms with van der Waals surface area (Å²) in [5.41, 5.74) is 2.17. The van der Waals surface area contributed by atoms with Gasteiger partial charge in [0.1, 0.15) is 17.2 Å². The third kappa shape index (κ3) is 7.92. The summed E-state index contributed by atoms with van der Waals surface area (Å²) in [5, 5.41) is 6.11. The van der Waals surface area contributed by atoms with Crippen molar-refractivity contribution in [1.82, 2.24) is 15.3 Å². The Morgan fingerprint density at radius 3 is 2.67 bits per heavy atom. The molecule has 1 aromatic heterocycles. The van der Waals surface area contributed by atoms with E-state index < -0.39 is 11.7 Å². The second-order valence-corrected chi connectivity index (χ2v) is 10.5. The number of nitrogens with one attached hydrogen (secondary N) is 2. The van der Waals surface area contributed by atoms with Gasteiger partial charge in [-0.05, 0) is 75.9 Å². The zero-order valence-electron chi connectivity index (χ0n) is 23.1. The fraction of sp³-hybridized carbons (Fsp3) is 0.400. The van der Waals surface area contributed by atoms with Crippen molar-refractivity contribution in [2.45, 2.75) is 58.6 Å². The summed E-state index contributed by atoms with van der Waals surface area (Å²) < 4.78 is 10.9. The fourth-order valence-corrected chi connectivity index (χ4v) is 4.28. The smallest absolute Gasteiger partial charge is 0.407 e. The average molecular weight is 532 g/mol. The molecule has 206 valence electrons. The number of aromatic nitrogens is 2. The van der Waals surface area contributed by atoms with Gasteiger partial charge in [0, 0.05) is 31.3 Å². The highest BCUT2D eigenvalue weighted by Crippen LogP contribution is 2.27. The van der Waals surface area contributed by atoms with Crippen LogP contribution in [0, 0.1) is 0 Å². The summed E-state index contributed by atoms with van der Waals surface area (Å²) in [4.78, 5) is 36.5. The Morgan fingerprint density at radius 1 is 1.10 bits per heavy atom. The van der Waals surface area contributed by atoms with Gasteiger partial charge in [0.15, 0.2) is 0 Å². The highest BCUT2D eigenvalue weighted by Gasteiger charge is 2.22. The van der Waals surface area contributed by atoms with Crippen LogP contribution in [0.2, 0.25) is 0 Å². The Hall–Kier alpha value is -4.14. The summed E-state index contributed by atoms with van der Waals surface area (Å²) >= 11 is 0. The largest absolute Gasteiger partial charge is 0.493 e. The minimum absolute atomic E-state index is 0.0127. The lowest BCUT2D eigenvalue weighted by Gasteiger charge is -2.23. The number of alkyl carbamates (subject to hydrolysis) is 1. The summed E-state index contributed by atoms with van der Waals surface area (Å²) in [7, 11) is 0. The van der Waals surface area contributed by atoms with E-state index in [1.165, 1.54) is 0 Å². The normalized spacial score (nSPS) is 13.1. The number of fused-ring (bicyclic) bond motifs is 1. The van der Waals surface area contributed by atoms with Crippen LogP contribution >= 0.6 is 0 Å². The van der Waals surface area contributed by atoms with Gasteiger partial charge in [-0.2, -0.15) is 4.98 Å². The van der Waals surface area contributed by atoms with Crippen molar-refractivity contribution in [3.63, 3.8) is 0 Å². The van der Waals surface area contributed by atoms with Crippen LogP contribution in [0.1, 0.15) is 68.1 Å². The van der Waals surface area contributed by atoms with Gasteiger partial charge in [-0.15, -0.1) is 0 Å². The number of carbonyl (C=O) groups excluding carboxylic acids is 2. The molecule has 0 radical (unpaired) electrons. The topological polar surface area (TPSA) is 106 Å². The van der Waals surface area contributed by atoms with Gasteiger partial charge >= 0.3 is 6.09 Å². The molecule has 0 fully saturated rings. The lowest BCUT2D eigenvalue weighted by Crippen LogP contribution is -2.35. The van der Waals surface area contributed by atoms with Crippen molar-refractivity contribution in [3.8, 4) is 5.75 Å². The van der Waals surface area contributed by atoms with Crippen molar-refractivity contribution in [2.75, 3.05) is 29.9 Å². The molecule has 0 spiro atoms. The van der Waals surface area contributed by atoms with Gasteiger partial charge < -0.3 is 20.1 Å². The van der Waals surface area contributed by atoms with E-state index in [-0.39, 0.29) is 11.9 Å². The molecule has 2 heterocycles. The second-order valence-electron chi connectivity index (χ2n) is 10.5. The summed E-state index contributed by atoms with van der Waals surface area (Å²) in [6.07, 6.45) is 3.31. The SMILES string of the molecule is C[C@H](Nc1nccc(N(CCCCNC(=O)OC(C)(C)C)C(=O)c2ccc3c(c2)CCO3)n1)c1ccccc1. The molecule has 0 saturated heterocycles. The van der Waals surface area contributed by atoms with Crippen LogP contribution in [0.3, 0.4) is 0 Å². The van der Waals surface area contributed by atoms with Gasteiger partial charge in [-0.25, -0.2) is 9.78 Å². The molecule has 1 aliphatic heterocycles. The molecule has 0 bridgehead atoms. The molecule has 2 N–H and O–H groups in total. The standard InChI is InChI=1S/C30H37N5O4/c1-21(22-10-6-5-7-11-22)33-28-31-17-14-26(34-28)35(18-9-8-16-32-29(37)39-30(2,3)4)27(36)24-12-13-25-23(20-24)15-19-38-25/h5-7,10-14,17,20-21H,8-9,15-16,18-19H2,1-4H3,(H,32,37)(H,31,33,34)/t21-/m0/s1. The van der Waals surface area contributed by atoms with Gasteiger partial charge in [0.05, 0.1) is 12.6 Å². The van der Waals surface area contributed by atoms with E-state index in [0.717, 1.165) is 23.3 Å². The molecule has 4 rings (SSSR count). The minimum Gasteiger partial charge on any atom is -0.493 e. The van der Waals surface area contributed by atoms with Crippen LogP contribution in [0.25, 0.3) is 0 Å². The molecule has 3 aromatic rings. The Bertz CT molecular complexity index is 1280. The minimum atomic E-state index is -0.551. The number of hydrogen-bond donors (Lipinski definition) is 2. The van der Waals surface area contributed by atoms with Crippen molar-refractivity contribution < 1.29 is 19.1 Å². The first-order valence-corrected chi connectivity index (χ1v) is 13.4. The number of hydrogen-bond acceptors (Lipinski definition) is 7. The van der Waals surface area contributed by atoms with Crippen LogP contribution in [-0.2, 0) is 11.2 Å². The number of anilines is 2. The highest BCUT2D eigenvalue weighted by atomic mass is 16.6. The molecule has 0 saturated carbocycles. The van der Waals surface area contributed by atoms with Gasteiger partial charge in [0.25, 0.3) is 5.91 Å². The molecule has 1 aliphatic rings. The first-order chi connectivity index (χ1) is 18.7. The Kier molecular flexibility index (Phi) is 9.01. The van der Waals surface area contributed by atoms with Crippen molar-refractivity contribution in [2.24, 2.45) is 0 Å². The van der Waals surface area contributed by atoms with Crippen LogP contribution in [0.4, 0.5) is 16.6 Å². The molecule has 9 heteroatoms. The average Bonchev–Trinajstić information content (AvgIpc) is 3.38. The Labute approximate surface area is 229 Å². The van der Waals surface area contributed by atoms with E-state index in [9.17, 15) is 9.59 Å². The molecule has 1 atom stereocenters. The molecular weight excluding hydrogens is 494 g/mol. The molecule has 2 aromatic carbocycles. The first-order valence-electron chi connectivity index (χ1n) is 13.4. The van der Waals surface area contributed by atoms with Crippen molar-refractivity contribution in [1.29, 1.82) is 0 Å². The van der Waals surface area contributed by atoms with Crippen LogP contribution < -0.4 is 20.3 Å². The van der Waals surface area contributed by atoms with E-state index in [2.05, 4.69) is 15.6 Å². The van der Waals surface area contributed by atoms with E-state index in [1.807, 2.05) is 70.2 Å². The summed E-state index contributed by atoms with van der Waals surface area (Å²) in [5.74, 6) is 1.63. The van der Waals surface area contributed by atoms with E-state index in [0.29, 0.717) is 49.9 Å². The number of benzene rings is 2. The van der Waals surface area contributed by atoms with Gasteiger partial charge in [-0.1, -0.05) is 30.3 Å². The van der Waals surface area contributed by atoms with E-state index in [4.69, 9.17) is 14.5 Å². The zero-order chi connectivity index (χ0) is 27.8. The Morgan fingerprint density at radius 2 is 1.90 bits per heavy atom. The summed E-state index contributed by atoms with van der Waals surface area (Å²) in [6.45, 7) is 9.01. The van der Waals surface area contributed by atoms with E-state index in [1.54, 1.807) is 23.2 Å². The monoisotopic (exact) mass is 531 g/mol. The van der Waals surface area contributed by atoms with Crippen LogP contribution in [0.15, 0.2) is 60.8 Å². The van der Waals surface area contributed by atoms with Crippen LogP contribution in [0.5, 0.6) is 5.75 Å². The predicted octanol–water partition coefficient (Wildman–Crippen LogP) is 5.54. The number of amides is 2. The van der Waals surface area contributed by atoms with E-state index >= 15 is 0 Å². The predicted molar refractivity (Wildman–Crippen MR) is 151 cm³/mol. The number of rotatable bonds is 10. The maximum Gasteiger partial charge on any atom is 0.407 e. The third-order valence-electron chi connectivity index (χ3n) is 6.22. The molecule has 2 amide bonds. The maximum absolute atomic E-state index is 13.7. The molecule has 9 nitrogen and oxygen atoms in total. The molecular formula is C30H37N5O4.